The van der Waals surface area contributed by atoms with Gasteiger partial charge in [-0.3, -0.25) is 4.79 Å². The van der Waals surface area contributed by atoms with Crippen LogP contribution in [-0.2, 0) is 20.8 Å². The average molecular weight is 516 g/mol. The number of sulfone groups is 1. The predicted molar refractivity (Wildman–Crippen MR) is 128 cm³/mol. The van der Waals surface area contributed by atoms with Crippen molar-refractivity contribution < 1.29 is 26.4 Å². The third-order valence-electron chi connectivity index (χ3n) is 5.22. The van der Waals surface area contributed by atoms with Crippen LogP contribution in [0.25, 0.3) is 22.5 Å². The van der Waals surface area contributed by atoms with Gasteiger partial charge in [0.15, 0.2) is 15.7 Å². The van der Waals surface area contributed by atoms with Gasteiger partial charge in [0.1, 0.15) is 0 Å². The lowest BCUT2D eigenvalue weighted by Crippen LogP contribution is -2.17. The summed E-state index contributed by atoms with van der Waals surface area (Å²) in [4.78, 5) is 12.5. The summed E-state index contributed by atoms with van der Waals surface area (Å²) in [5.41, 5.74) is 1.39. The maximum atomic E-state index is 13.0. The van der Waals surface area contributed by atoms with Crippen LogP contribution in [0.4, 0.5) is 19.0 Å². The number of hydrogen-bond acceptors (Lipinski definition) is 5. The molecule has 12 heteroatoms. The largest absolute Gasteiger partial charge is 0.416 e. The minimum Gasteiger partial charge on any atom is -0.309 e. The number of nitrogens with zero attached hydrogens (tertiary/aromatic N) is 4. The van der Waals surface area contributed by atoms with Crippen molar-refractivity contribution in [3.05, 3.63) is 90.7 Å². The molecule has 4 rings (SSSR count). The molecule has 0 fully saturated rings. The number of benzene rings is 2. The molecule has 0 spiro atoms. The Bertz CT molecular complexity index is 1490. The van der Waals surface area contributed by atoms with Crippen molar-refractivity contribution in [2.45, 2.75) is 12.6 Å². The second kappa shape index (κ2) is 9.82. The fourth-order valence-electron chi connectivity index (χ4n) is 3.36. The van der Waals surface area contributed by atoms with Crippen molar-refractivity contribution >= 4 is 21.6 Å². The van der Waals surface area contributed by atoms with E-state index in [9.17, 15) is 26.4 Å². The maximum Gasteiger partial charge on any atom is 0.416 e. The Labute approximate surface area is 204 Å². The van der Waals surface area contributed by atoms with Crippen LogP contribution in [0, 0.1) is 0 Å². The molecule has 186 valence electrons. The summed E-state index contributed by atoms with van der Waals surface area (Å²) >= 11 is 0. The molecular weight excluding hydrogens is 495 g/mol. The van der Waals surface area contributed by atoms with E-state index in [2.05, 4.69) is 22.1 Å². The quantitative estimate of drug-likeness (QED) is 0.369. The first-order valence-electron chi connectivity index (χ1n) is 10.6. The number of hydrogen-bond donors (Lipinski definition) is 1. The summed E-state index contributed by atoms with van der Waals surface area (Å²) in [5, 5.41) is 12.0. The van der Waals surface area contributed by atoms with Crippen LogP contribution in [0.5, 0.6) is 0 Å². The Morgan fingerprint density at radius 2 is 1.81 bits per heavy atom. The molecule has 0 aliphatic rings. The van der Waals surface area contributed by atoms with E-state index in [1.54, 1.807) is 47.5 Å². The van der Waals surface area contributed by atoms with E-state index >= 15 is 0 Å². The first kappa shape index (κ1) is 24.9. The first-order chi connectivity index (χ1) is 17.1. The van der Waals surface area contributed by atoms with Crippen molar-refractivity contribution in [2.24, 2.45) is 0 Å². The summed E-state index contributed by atoms with van der Waals surface area (Å²) in [6.45, 7) is 3.22. The summed E-state index contributed by atoms with van der Waals surface area (Å²) in [7, 11) is -3.58. The van der Waals surface area contributed by atoms with Gasteiger partial charge in [0.2, 0.25) is 5.91 Å². The molecule has 2 heterocycles. The number of halogens is 3. The van der Waals surface area contributed by atoms with E-state index in [0.717, 1.165) is 23.2 Å². The van der Waals surface area contributed by atoms with Gasteiger partial charge >= 0.3 is 6.18 Å². The molecule has 0 saturated carbocycles. The first-order valence-corrected chi connectivity index (χ1v) is 12.3. The van der Waals surface area contributed by atoms with Gasteiger partial charge in [0.05, 0.1) is 22.7 Å². The second-order valence-corrected chi connectivity index (χ2v) is 9.78. The number of amides is 1. The SMILES string of the molecule is C=CS(=O)(=O)CCC(=O)Nc1nn(-c2ccc(C(F)(F)F)cc2)cc1-c1cccc(-n2cccn2)c1. The van der Waals surface area contributed by atoms with Gasteiger partial charge in [0.25, 0.3) is 0 Å². The van der Waals surface area contributed by atoms with Crippen LogP contribution in [0.1, 0.15) is 12.0 Å². The van der Waals surface area contributed by atoms with E-state index < -0.39 is 33.2 Å². The fraction of sp³-hybridized carbons (Fsp3) is 0.125. The number of aromatic nitrogens is 4. The van der Waals surface area contributed by atoms with E-state index in [1.807, 2.05) is 6.07 Å². The summed E-state index contributed by atoms with van der Waals surface area (Å²) in [6, 6.07) is 13.4. The number of carbonyl (C=O) groups excluding carboxylic acids is 1. The Morgan fingerprint density at radius 3 is 2.44 bits per heavy atom. The van der Waals surface area contributed by atoms with Crippen molar-refractivity contribution in [1.29, 1.82) is 0 Å². The normalized spacial score (nSPS) is 11.9. The Balaban J connectivity index is 1.71. The minimum atomic E-state index is -4.48. The highest BCUT2D eigenvalue weighted by molar-refractivity contribution is 7.94. The molecule has 4 aromatic rings. The molecule has 1 N–H and O–H groups in total. The monoisotopic (exact) mass is 515 g/mol. The van der Waals surface area contributed by atoms with Gasteiger partial charge in [-0.25, -0.2) is 17.8 Å². The number of rotatable bonds is 8. The molecule has 0 aliphatic carbocycles. The standard InChI is InChI=1S/C24H20F3N5O3S/c1-2-36(34,35)14-11-22(33)29-23-21(17-5-3-6-20(15-17)31-13-4-12-28-31)16-32(30-23)19-9-7-18(8-10-19)24(25,26)27/h2-10,12-13,15-16H,1,11,14H2,(H,29,30,33). The van der Waals surface area contributed by atoms with Crippen LogP contribution in [0.2, 0.25) is 0 Å². The van der Waals surface area contributed by atoms with Gasteiger partial charge < -0.3 is 5.32 Å². The van der Waals surface area contributed by atoms with Gasteiger partial charge in [0, 0.05) is 36.0 Å². The van der Waals surface area contributed by atoms with Gasteiger partial charge in [-0.05, 0) is 48.0 Å². The molecule has 0 bridgehead atoms. The summed E-state index contributed by atoms with van der Waals surface area (Å²) < 4.78 is 65.2. The minimum absolute atomic E-state index is 0.119. The maximum absolute atomic E-state index is 13.0. The zero-order valence-electron chi connectivity index (χ0n) is 18.7. The molecule has 0 aliphatic heterocycles. The fourth-order valence-corrected chi connectivity index (χ4v) is 4.00. The van der Waals surface area contributed by atoms with E-state index in [1.165, 1.54) is 16.8 Å². The molecule has 0 unspecified atom stereocenters. The zero-order chi connectivity index (χ0) is 25.9. The molecule has 0 radical (unpaired) electrons. The molecule has 36 heavy (non-hydrogen) atoms. The molecule has 8 nitrogen and oxygen atoms in total. The zero-order valence-corrected chi connectivity index (χ0v) is 19.5. The molecule has 0 atom stereocenters. The van der Waals surface area contributed by atoms with Crippen molar-refractivity contribution in [2.75, 3.05) is 11.1 Å². The number of nitrogens with one attached hydrogen (secondary N) is 1. The highest BCUT2D eigenvalue weighted by Crippen LogP contribution is 2.32. The van der Waals surface area contributed by atoms with Gasteiger partial charge in [-0.2, -0.15) is 18.3 Å². The van der Waals surface area contributed by atoms with Crippen molar-refractivity contribution in [3.63, 3.8) is 0 Å². The van der Waals surface area contributed by atoms with Gasteiger partial charge in [-0.15, -0.1) is 5.10 Å². The van der Waals surface area contributed by atoms with E-state index in [4.69, 9.17) is 0 Å². The van der Waals surface area contributed by atoms with Gasteiger partial charge in [-0.1, -0.05) is 18.7 Å². The number of anilines is 1. The smallest absolute Gasteiger partial charge is 0.309 e. The highest BCUT2D eigenvalue weighted by Gasteiger charge is 2.30. The highest BCUT2D eigenvalue weighted by atomic mass is 32.2. The summed E-state index contributed by atoms with van der Waals surface area (Å²) in [5.74, 6) is -0.900. The lowest BCUT2D eigenvalue weighted by molar-refractivity contribution is -0.137. The van der Waals surface area contributed by atoms with Crippen LogP contribution in [0.15, 0.2) is 85.2 Å². The molecular formula is C24H20F3N5O3S. The average Bonchev–Trinajstić information content (AvgIpc) is 3.53. The topological polar surface area (TPSA) is 98.9 Å². The van der Waals surface area contributed by atoms with Crippen LogP contribution in [0.3, 0.4) is 0 Å². The van der Waals surface area contributed by atoms with E-state index in [0.29, 0.717) is 16.8 Å². The summed E-state index contributed by atoms with van der Waals surface area (Å²) in [6.07, 6.45) is 0.145. The molecule has 0 saturated heterocycles. The van der Waals surface area contributed by atoms with Crippen molar-refractivity contribution in [1.82, 2.24) is 19.6 Å². The predicted octanol–water partition coefficient (Wildman–Crippen LogP) is 4.63. The Hall–Kier alpha value is -4.19. The Morgan fingerprint density at radius 1 is 1.06 bits per heavy atom. The molecule has 1 amide bonds. The van der Waals surface area contributed by atoms with Crippen LogP contribution in [-0.4, -0.2) is 39.6 Å². The second-order valence-electron chi connectivity index (χ2n) is 7.71. The lowest BCUT2D eigenvalue weighted by atomic mass is 10.1. The lowest BCUT2D eigenvalue weighted by Gasteiger charge is -2.07. The molecule has 2 aromatic carbocycles. The van der Waals surface area contributed by atoms with Crippen LogP contribution < -0.4 is 5.32 Å². The van der Waals surface area contributed by atoms with Crippen molar-refractivity contribution in [3.8, 4) is 22.5 Å². The Kier molecular flexibility index (Phi) is 6.80. The number of carbonyl (C=O) groups is 1. The van der Waals surface area contributed by atoms with Crippen LogP contribution >= 0.6 is 0 Å². The number of alkyl halides is 3. The van der Waals surface area contributed by atoms with E-state index in [-0.39, 0.29) is 12.2 Å². The third kappa shape index (κ3) is 5.71. The molecule has 2 aromatic heterocycles. The third-order valence-corrected chi connectivity index (χ3v) is 6.51.